The van der Waals surface area contributed by atoms with Crippen LogP contribution in [0.1, 0.15) is 35.3 Å². The van der Waals surface area contributed by atoms with Gasteiger partial charge in [-0.1, -0.05) is 18.2 Å². The molecule has 28 heavy (non-hydrogen) atoms. The average Bonchev–Trinajstić information content (AvgIpc) is 3.28. The molecule has 2 aliphatic rings. The second kappa shape index (κ2) is 6.93. The predicted molar refractivity (Wildman–Crippen MR) is 103 cm³/mol. The highest BCUT2D eigenvalue weighted by atomic mass is 16.3. The Kier molecular flexibility index (Phi) is 4.40. The van der Waals surface area contributed by atoms with Crippen molar-refractivity contribution >= 4 is 11.0 Å². The van der Waals surface area contributed by atoms with Crippen molar-refractivity contribution < 1.29 is 15.3 Å². The number of hydrogen-bond acceptors (Lipinski definition) is 6. The van der Waals surface area contributed by atoms with Crippen LogP contribution in [0.2, 0.25) is 0 Å². The van der Waals surface area contributed by atoms with Crippen LogP contribution in [0.15, 0.2) is 43.0 Å². The lowest BCUT2D eigenvalue weighted by Crippen LogP contribution is -2.32. The highest BCUT2D eigenvalue weighted by molar-refractivity contribution is 5.74. The maximum atomic E-state index is 11.2. The third kappa shape index (κ3) is 2.74. The molecule has 146 valence electrons. The lowest BCUT2D eigenvalue weighted by atomic mass is 9.86. The summed E-state index contributed by atoms with van der Waals surface area (Å²) in [5, 5.41) is 36.9. The first-order valence-electron chi connectivity index (χ1n) is 9.77. The van der Waals surface area contributed by atoms with Crippen LogP contribution in [0, 0.1) is 5.92 Å². The minimum Gasteiger partial charge on any atom is -0.390 e. The van der Waals surface area contributed by atoms with Crippen LogP contribution in [-0.4, -0.2) is 48.6 Å². The number of hydrogen-bond donors (Lipinski definition) is 4. The first-order chi connectivity index (χ1) is 13.6. The smallest absolute Gasteiger partial charge is 0.143 e. The molecule has 7 nitrogen and oxygen atoms in total. The van der Waals surface area contributed by atoms with Gasteiger partial charge in [0.1, 0.15) is 18.1 Å². The standard InChI is InChI=1S/C21H24N4O3/c26-18(14-3-1-2-12-4-6-22-10-16(12)14)15-8-17(20(28)19(15)27)25-7-5-13-9-23-11-24-21(13)25/h1-3,5,7,9,11,15,17-20,22,26-28H,4,6,8,10H2/t15-,17-,18-,19-,20+/m1/s1. The Morgan fingerprint density at radius 2 is 2.07 bits per heavy atom. The minimum absolute atomic E-state index is 0.347. The largest absolute Gasteiger partial charge is 0.390 e. The third-order valence-corrected chi connectivity index (χ3v) is 6.34. The van der Waals surface area contributed by atoms with Gasteiger partial charge in [-0.2, -0.15) is 0 Å². The molecule has 1 aliphatic heterocycles. The Morgan fingerprint density at radius 3 is 2.96 bits per heavy atom. The fourth-order valence-electron chi connectivity index (χ4n) is 4.85. The molecule has 1 aliphatic carbocycles. The molecule has 3 aromatic rings. The first kappa shape index (κ1) is 17.8. The van der Waals surface area contributed by atoms with Crippen molar-refractivity contribution in [3.63, 3.8) is 0 Å². The zero-order valence-electron chi connectivity index (χ0n) is 15.4. The van der Waals surface area contributed by atoms with Gasteiger partial charge < -0.3 is 25.2 Å². The van der Waals surface area contributed by atoms with Crippen molar-refractivity contribution in [1.82, 2.24) is 19.9 Å². The molecular formula is C21H24N4O3. The van der Waals surface area contributed by atoms with Crippen LogP contribution in [0.5, 0.6) is 0 Å². The van der Waals surface area contributed by atoms with Crippen LogP contribution < -0.4 is 5.32 Å². The summed E-state index contributed by atoms with van der Waals surface area (Å²) in [6, 6.07) is 7.55. The number of rotatable bonds is 3. The van der Waals surface area contributed by atoms with Crippen molar-refractivity contribution in [2.75, 3.05) is 6.54 Å². The van der Waals surface area contributed by atoms with Gasteiger partial charge in [-0.3, -0.25) is 0 Å². The summed E-state index contributed by atoms with van der Waals surface area (Å²) in [4.78, 5) is 8.35. The molecule has 0 unspecified atom stereocenters. The van der Waals surface area contributed by atoms with Crippen LogP contribution in [0.3, 0.4) is 0 Å². The van der Waals surface area contributed by atoms with E-state index in [1.54, 1.807) is 6.20 Å². The van der Waals surface area contributed by atoms with Crippen molar-refractivity contribution in [3.8, 4) is 0 Å². The molecule has 0 bridgehead atoms. The van der Waals surface area contributed by atoms with Gasteiger partial charge in [0, 0.05) is 30.2 Å². The van der Waals surface area contributed by atoms with E-state index in [9.17, 15) is 15.3 Å². The topological polar surface area (TPSA) is 103 Å². The van der Waals surface area contributed by atoms with E-state index in [1.165, 1.54) is 11.9 Å². The van der Waals surface area contributed by atoms with E-state index in [-0.39, 0.29) is 6.04 Å². The van der Waals surface area contributed by atoms with Crippen LogP contribution in [0.25, 0.3) is 11.0 Å². The summed E-state index contributed by atoms with van der Waals surface area (Å²) in [5.41, 5.74) is 3.93. The fraction of sp³-hybridized carbons (Fsp3) is 0.429. The van der Waals surface area contributed by atoms with E-state index in [2.05, 4.69) is 21.4 Å². The van der Waals surface area contributed by atoms with Gasteiger partial charge in [0.2, 0.25) is 0 Å². The summed E-state index contributed by atoms with van der Waals surface area (Å²) in [6.45, 7) is 1.65. The molecule has 4 N–H and O–H groups in total. The van der Waals surface area contributed by atoms with E-state index in [0.29, 0.717) is 6.42 Å². The molecule has 3 heterocycles. The van der Waals surface area contributed by atoms with E-state index >= 15 is 0 Å². The number of benzene rings is 1. The van der Waals surface area contributed by atoms with Gasteiger partial charge in [-0.15, -0.1) is 0 Å². The highest BCUT2D eigenvalue weighted by Crippen LogP contribution is 2.44. The van der Waals surface area contributed by atoms with Gasteiger partial charge in [0.05, 0.1) is 18.2 Å². The molecule has 0 amide bonds. The minimum atomic E-state index is -1.01. The third-order valence-electron chi connectivity index (χ3n) is 6.34. The monoisotopic (exact) mass is 380 g/mol. The summed E-state index contributed by atoms with van der Waals surface area (Å²) in [5.74, 6) is -0.451. The molecule has 0 saturated heterocycles. The Hall–Kier alpha value is -2.32. The normalized spacial score (nSPS) is 28.4. The fourth-order valence-corrected chi connectivity index (χ4v) is 4.85. The predicted octanol–water partition coefficient (Wildman–Crippen LogP) is 1.09. The number of aliphatic hydroxyl groups excluding tert-OH is 3. The zero-order valence-corrected chi connectivity index (χ0v) is 15.4. The number of fused-ring (bicyclic) bond motifs is 2. The Labute approximate surface area is 162 Å². The summed E-state index contributed by atoms with van der Waals surface area (Å²) >= 11 is 0. The zero-order chi connectivity index (χ0) is 19.3. The molecule has 7 heteroatoms. The molecular weight excluding hydrogens is 356 g/mol. The van der Waals surface area contributed by atoms with E-state index in [0.717, 1.165) is 41.7 Å². The lowest BCUT2D eigenvalue weighted by molar-refractivity contribution is -0.0267. The van der Waals surface area contributed by atoms with Gasteiger partial charge in [-0.25, -0.2) is 9.97 Å². The van der Waals surface area contributed by atoms with E-state index in [1.807, 2.05) is 29.0 Å². The average molecular weight is 380 g/mol. The summed E-state index contributed by atoms with van der Waals surface area (Å²) < 4.78 is 1.89. The quantitative estimate of drug-likeness (QED) is 0.542. The Morgan fingerprint density at radius 1 is 1.18 bits per heavy atom. The summed E-state index contributed by atoms with van der Waals surface area (Å²) in [7, 11) is 0. The molecule has 0 radical (unpaired) electrons. The molecule has 1 aromatic carbocycles. The summed E-state index contributed by atoms with van der Waals surface area (Å²) in [6.07, 6.45) is 3.66. The van der Waals surface area contributed by atoms with Crippen molar-refractivity contribution in [3.05, 3.63) is 59.7 Å². The maximum Gasteiger partial charge on any atom is 0.143 e. The van der Waals surface area contributed by atoms with Gasteiger partial charge >= 0.3 is 0 Å². The van der Waals surface area contributed by atoms with Crippen molar-refractivity contribution in [2.45, 2.75) is 43.7 Å². The molecule has 1 saturated carbocycles. The molecule has 5 rings (SSSR count). The SMILES string of the molecule is O[C@@H]1[C@H](O)[C@@H]([C@H](O)c2cccc3c2CNCC3)C[C@H]1n1ccc2cncnc21. The Bertz CT molecular complexity index is 1000. The van der Waals surface area contributed by atoms with Crippen LogP contribution in [0.4, 0.5) is 0 Å². The van der Waals surface area contributed by atoms with Gasteiger partial charge in [-0.05, 0) is 42.1 Å². The number of nitrogens with one attached hydrogen (secondary N) is 1. The first-order valence-corrected chi connectivity index (χ1v) is 9.77. The Balaban J connectivity index is 1.47. The van der Waals surface area contributed by atoms with E-state index < -0.39 is 24.2 Å². The molecule has 5 atom stereocenters. The lowest BCUT2D eigenvalue weighted by Gasteiger charge is -2.27. The maximum absolute atomic E-state index is 11.2. The highest BCUT2D eigenvalue weighted by Gasteiger charge is 2.46. The van der Waals surface area contributed by atoms with Crippen molar-refractivity contribution in [1.29, 1.82) is 0 Å². The van der Waals surface area contributed by atoms with Gasteiger partial charge in [0.25, 0.3) is 0 Å². The number of aliphatic hydroxyl groups is 3. The van der Waals surface area contributed by atoms with Crippen LogP contribution >= 0.6 is 0 Å². The van der Waals surface area contributed by atoms with Crippen LogP contribution in [-0.2, 0) is 13.0 Å². The number of nitrogens with zero attached hydrogens (tertiary/aromatic N) is 3. The van der Waals surface area contributed by atoms with Crippen molar-refractivity contribution in [2.24, 2.45) is 5.92 Å². The number of aromatic nitrogens is 3. The second-order valence-corrected chi connectivity index (χ2v) is 7.83. The molecule has 0 spiro atoms. The van der Waals surface area contributed by atoms with E-state index in [4.69, 9.17) is 0 Å². The second-order valence-electron chi connectivity index (χ2n) is 7.83. The van der Waals surface area contributed by atoms with Gasteiger partial charge in [0.15, 0.2) is 0 Å². The molecule has 1 fully saturated rings. The molecule has 2 aromatic heterocycles.